The molecule has 1 aromatic heterocycles. The predicted octanol–water partition coefficient (Wildman–Crippen LogP) is 1.34. The van der Waals surface area contributed by atoms with E-state index >= 15 is 0 Å². The van der Waals surface area contributed by atoms with Crippen molar-refractivity contribution in [3.63, 3.8) is 0 Å². The molecule has 0 saturated heterocycles. The lowest BCUT2D eigenvalue weighted by Crippen LogP contribution is -2.26. The molecule has 0 bridgehead atoms. The molecule has 0 spiro atoms. The van der Waals surface area contributed by atoms with E-state index in [1.54, 1.807) is 12.1 Å². The van der Waals surface area contributed by atoms with Crippen molar-refractivity contribution in [3.8, 4) is 0 Å². The van der Waals surface area contributed by atoms with E-state index in [1.165, 1.54) is 4.68 Å². The summed E-state index contributed by atoms with van der Waals surface area (Å²) in [5.41, 5.74) is 0.530. The van der Waals surface area contributed by atoms with Gasteiger partial charge in [0.1, 0.15) is 5.52 Å². The Labute approximate surface area is 110 Å². The molecule has 1 heterocycles. The monoisotopic (exact) mass is 259 g/mol. The molecular formula is C14H17N3O2. The Hall–Kier alpha value is -1.75. The first-order chi connectivity index (χ1) is 9.25. The zero-order chi connectivity index (χ0) is 13.2. The second-order valence-electron chi connectivity index (χ2n) is 5.18. The molecule has 1 saturated carbocycles. The number of hydrogen-bond acceptors (Lipinski definition) is 4. The van der Waals surface area contributed by atoms with Crippen LogP contribution in [0, 0.1) is 5.92 Å². The number of aromatic nitrogens is 3. The smallest absolute Gasteiger partial charge is 0.277 e. The fourth-order valence-corrected chi connectivity index (χ4v) is 2.81. The molecule has 5 heteroatoms. The van der Waals surface area contributed by atoms with Crippen LogP contribution in [-0.4, -0.2) is 26.2 Å². The third-order valence-electron chi connectivity index (χ3n) is 3.96. The highest BCUT2D eigenvalue weighted by Crippen LogP contribution is 2.28. The van der Waals surface area contributed by atoms with Gasteiger partial charge >= 0.3 is 0 Å². The Morgan fingerprint density at radius 3 is 2.95 bits per heavy atom. The summed E-state index contributed by atoms with van der Waals surface area (Å²) in [5.74, 6) is 0.292. The van der Waals surface area contributed by atoms with Crippen LogP contribution in [0.4, 0.5) is 0 Å². The molecule has 3 rings (SSSR count). The largest absolute Gasteiger partial charge is 0.393 e. The molecule has 2 atom stereocenters. The van der Waals surface area contributed by atoms with E-state index in [4.69, 9.17) is 0 Å². The highest BCUT2D eigenvalue weighted by atomic mass is 16.3. The number of nitrogens with zero attached hydrogens (tertiary/aromatic N) is 3. The molecule has 0 aliphatic heterocycles. The predicted molar refractivity (Wildman–Crippen MR) is 71.8 cm³/mol. The summed E-state index contributed by atoms with van der Waals surface area (Å²) in [7, 11) is 0. The summed E-state index contributed by atoms with van der Waals surface area (Å²) in [6, 6.07) is 7.23. The molecule has 0 radical (unpaired) electrons. The van der Waals surface area contributed by atoms with Crippen molar-refractivity contribution in [3.05, 3.63) is 34.6 Å². The van der Waals surface area contributed by atoms with Crippen LogP contribution in [0.25, 0.3) is 10.9 Å². The SMILES string of the molecule is O=c1c2ccccc2nnn1CCC1CCCC1O. The maximum absolute atomic E-state index is 12.2. The van der Waals surface area contributed by atoms with E-state index in [9.17, 15) is 9.90 Å². The average Bonchev–Trinajstić information content (AvgIpc) is 2.84. The minimum Gasteiger partial charge on any atom is -0.393 e. The molecule has 2 unspecified atom stereocenters. The van der Waals surface area contributed by atoms with Gasteiger partial charge in [-0.1, -0.05) is 23.8 Å². The molecule has 1 aromatic carbocycles. The van der Waals surface area contributed by atoms with E-state index in [0.29, 0.717) is 23.4 Å². The van der Waals surface area contributed by atoms with Gasteiger partial charge in [0, 0.05) is 6.54 Å². The normalized spacial score (nSPS) is 23.0. The Kier molecular flexibility index (Phi) is 3.29. The molecule has 1 aliphatic rings. The summed E-state index contributed by atoms with van der Waals surface area (Å²) in [6.07, 6.45) is 3.56. The van der Waals surface area contributed by atoms with Gasteiger partial charge in [-0.3, -0.25) is 4.79 Å². The minimum atomic E-state index is -0.218. The van der Waals surface area contributed by atoms with Gasteiger partial charge in [-0.15, -0.1) is 5.10 Å². The number of fused-ring (bicyclic) bond motifs is 1. The summed E-state index contributed by atoms with van der Waals surface area (Å²) in [6.45, 7) is 0.526. The molecule has 1 N–H and O–H groups in total. The average molecular weight is 259 g/mol. The fraction of sp³-hybridized carbons (Fsp3) is 0.500. The van der Waals surface area contributed by atoms with Gasteiger partial charge in [-0.05, 0) is 37.3 Å². The second-order valence-corrected chi connectivity index (χ2v) is 5.18. The van der Waals surface area contributed by atoms with Gasteiger partial charge in [0.2, 0.25) is 0 Å². The van der Waals surface area contributed by atoms with Gasteiger partial charge in [-0.25, -0.2) is 4.68 Å². The van der Waals surface area contributed by atoms with Crippen LogP contribution in [0.5, 0.6) is 0 Å². The van der Waals surface area contributed by atoms with E-state index in [-0.39, 0.29) is 11.7 Å². The Balaban J connectivity index is 1.81. The molecule has 1 aliphatic carbocycles. The number of aryl methyl sites for hydroxylation is 1. The lowest BCUT2D eigenvalue weighted by Gasteiger charge is -2.14. The van der Waals surface area contributed by atoms with Crippen molar-refractivity contribution >= 4 is 10.9 Å². The zero-order valence-electron chi connectivity index (χ0n) is 10.7. The lowest BCUT2D eigenvalue weighted by atomic mass is 10.0. The number of aliphatic hydroxyl groups is 1. The maximum Gasteiger partial charge on any atom is 0.277 e. The fourth-order valence-electron chi connectivity index (χ4n) is 2.81. The summed E-state index contributed by atoms with van der Waals surface area (Å²) in [5, 5.41) is 18.4. The minimum absolute atomic E-state index is 0.0990. The zero-order valence-corrected chi connectivity index (χ0v) is 10.7. The molecular weight excluding hydrogens is 242 g/mol. The van der Waals surface area contributed by atoms with E-state index in [2.05, 4.69) is 10.3 Å². The van der Waals surface area contributed by atoms with Crippen molar-refractivity contribution in [2.24, 2.45) is 5.92 Å². The van der Waals surface area contributed by atoms with E-state index in [1.807, 2.05) is 12.1 Å². The van der Waals surface area contributed by atoms with Crippen LogP contribution < -0.4 is 5.56 Å². The first-order valence-corrected chi connectivity index (χ1v) is 6.76. The third-order valence-corrected chi connectivity index (χ3v) is 3.96. The molecule has 1 fully saturated rings. The number of hydrogen-bond donors (Lipinski definition) is 1. The van der Waals surface area contributed by atoms with Crippen LogP contribution in [0.1, 0.15) is 25.7 Å². The molecule has 19 heavy (non-hydrogen) atoms. The van der Waals surface area contributed by atoms with Crippen molar-refractivity contribution < 1.29 is 5.11 Å². The lowest BCUT2D eigenvalue weighted by molar-refractivity contribution is 0.124. The van der Waals surface area contributed by atoms with E-state index < -0.39 is 0 Å². The second kappa shape index (κ2) is 5.09. The number of benzene rings is 1. The van der Waals surface area contributed by atoms with Crippen LogP contribution in [0.15, 0.2) is 29.1 Å². The Bertz CT molecular complexity index is 638. The van der Waals surface area contributed by atoms with Gasteiger partial charge in [-0.2, -0.15) is 0 Å². The Morgan fingerprint density at radius 2 is 2.16 bits per heavy atom. The van der Waals surface area contributed by atoms with Crippen molar-refractivity contribution in [1.82, 2.24) is 15.0 Å². The Morgan fingerprint density at radius 1 is 1.32 bits per heavy atom. The highest BCUT2D eigenvalue weighted by molar-refractivity contribution is 5.76. The summed E-state index contributed by atoms with van der Waals surface area (Å²) >= 11 is 0. The number of rotatable bonds is 3. The topological polar surface area (TPSA) is 68.0 Å². The molecule has 2 aromatic rings. The van der Waals surface area contributed by atoms with Crippen molar-refractivity contribution in [2.75, 3.05) is 0 Å². The van der Waals surface area contributed by atoms with Gasteiger partial charge in [0.25, 0.3) is 5.56 Å². The molecule has 5 nitrogen and oxygen atoms in total. The highest BCUT2D eigenvalue weighted by Gasteiger charge is 2.24. The van der Waals surface area contributed by atoms with Crippen LogP contribution >= 0.6 is 0 Å². The van der Waals surface area contributed by atoms with Crippen molar-refractivity contribution in [1.29, 1.82) is 0 Å². The van der Waals surface area contributed by atoms with Gasteiger partial charge in [0.15, 0.2) is 0 Å². The van der Waals surface area contributed by atoms with Crippen LogP contribution in [0.3, 0.4) is 0 Å². The van der Waals surface area contributed by atoms with E-state index in [0.717, 1.165) is 25.7 Å². The maximum atomic E-state index is 12.2. The van der Waals surface area contributed by atoms with Crippen LogP contribution in [-0.2, 0) is 6.54 Å². The van der Waals surface area contributed by atoms with Gasteiger partial charge < -0.3 is 5.11 Å². The first kappa shape index (κ1) is 12.3. The first-order valence-electron chi connectivity index (χ1n) is 6.76. The van der Waals surface area contributed by atoms with Gasteiger partial charge in [0.05, 0.1) is 11.5 Å². The summed E-state index contributed by atoms with van der Waals surface area (Å²) in [4.78, 5) is 12.2. The third kappa shape index (κ3) is 2.38. The standard InChI is InChI=1S/C14H17N3O2/c18-13-7-3-4-10(13)8-9-17-14(19)11-5-1-2-6-12(11)15-16-17/h1-2,5-6,10,13,18H,3-4,7-9H2. The summed E-state index contributed by atoms with van der Waals surface area (Å²) < 4.78 is 1.41. The van der Waals surface area contributed by atoms with Crippen molar-refractivity contribution in [2.45, 2.75) is 38.3 Å². The number of aliphatic hydroxyl groups excluding tert-OH is 1. The van der Waals surface area contributed by atoms with Crippen LogP contribution in [0.2, 0.25) is 0 Å². The molecule has 0 amide bonds. The quantitative estimate of drug-likeness (QED) is 0.903. The molecule has 100 valence electrons.